The van der Waals surface area contributed by atoms with E-state index in [1.54, 1.807) is 22.8 Å². The molecule has 1 amide bonds. The lowest BCUT2D eigenvalue weighted by molar-refractivity contribution is -0.126. The molecular weight excluding hydrogens is 640 g/mol. The zero-order valence-electron chi connectivity index (χ0n) is 25.8. The Morgan fingerprint density at radius 3 is 2.54 bits per heavy atom. The van der Waals surface area contributed by atoms with Crippen LogP contribution in [-0.4, -0.2) is 96.2 Å². The number of piperazine rings is 1. The van der Waals surface area contributed by atoms with E-state index in [1.165, 1.54) is 30.5 Å². The maximum atomic E-state index is 15.9. The third kappa shape index (κ3) is 6.37. The third-order valence-corrected chi connectivity index (χ3v) is 8.93. The number of carbonyl (C=O) groups is 1. The lowest BCUT2D eigenvalue weighted by atomic mass is 10.1. The van der Waals surface area contributed by atoms with Crippen LogP contribution in [0.3, 0.4) is 0 Å². The van der Waals surface area contributed by atoms with Gasteiger partial charge in [-0.15, -0.1) is 0 Å². The molecule has 0 spiro atoms. The van der Waals surface area contributed by atoms with Crippen molar-refractivity contribution in [2.45, 2.75) is 24.9 Å². The zero-order chi connectivity index (χ0) is 33.5. The number of benzene rings is 1. The zero-order valence-corrected chi connectivity index (χ0v) is 27.4. The average Bonchev–Trinajstić information content (AvgIpc) is 2.97. The Kier molecular flexibility index (Phi) is 9.25. The largest absolute Gasteiger partial charge is 0.355 e. The molecule has 1 aliphatic heterocycles. The smallest absolute Gasteiger partial charge is 0.350 e. The molecule has 1 atom stereocenters. The summed E-state index contributed by atoms with van der Waals surface area (Å²) in [7, 11) is -0.191. The van der Waals surface area contributed by atoms with Gasteiger partial charge in [0.2, 0.25) is 5.91 Å². The SMILES string of the molecule is Cc1ccnc(S(C)(=O)=O)c1-n1c(=O)nc(N2CCN(C(=O)/C=C/CN(C)C)C[C@@H]2C)c2cc(F)c(-c3c(F)cccc3Cl)nc21. The highest BCUT2D eigenvalue weighted by molar-refractivity contribution is 7.90. The highest BCUT2D eigenvalue weighted by Crippen LogP contribution is 2.36. The normalized spacial score (nSPS) is 15.8. The molecule has 1 fully saturated rings. The Morgan fingerprint density at radius 1 is 1.15 bits per heavy atom. The topological polar surface area (TPSA) is 122 Å². The lowest BCUT2D eigenvalue weighted by Gasteiger charge is -2.40. The second-order valence-corrected chi connectivity index (χ2v) is 13.7. The van der Waals surface area contributed by atoms with Crippen molar-refractivity contribution in [2.24, 2.45) is 0 Å². The van der Waals surface area contributed by atoms with Gasteiger partial charge in [-0.05, 0) is 57.8 Å². The molecular formula is C31H32ClF2N7O4S. The van der Waals surface area contributed by atoms with Crippen molar-refractivity contribution < 1.29 is 22.0 Å². The average molecular weight is 672 g/mol. The van der Waals surface area contributed by atoms with Crippen molar-refractivity contribution in [1.82, 2.24) is 29.3 Å². The highest BCUT2D eigenvalue weighted by Gasteiger charge is 2.31. The van der Waals surface area contributed by atoms with Crippen LogP contribution >= 0.6 is 11.6 Å². The van der Waals surface area contributed by atoms with Gasteiger partial charge in [0.05, 0.1) is 21.7 Å². The molecule has 0 unspecified atom stereocenters. The van der Waals surface area contributed by atoms with Gasteiger partial charge in [-0.1, -0.05) is 23.7 Å². The number of hydrogen-bond acceptors (Lipinski definition) is 9. The molecule has 3 aromatic heterocycles. The lowest BCUT2D eigenvalue weighted by Crippen LogP contribution is -2.54. The van der Waals surface area contributed by atoms with Gasteiger partial charge >= 0.3 is 5.69 Å². The quantitative estimate of drug-likeness (QED) is 0.271. The Hall–Kier alpha value is -4.27. The van der Waals surface area contributed by atoms with Gasteiger partial charge in [0, 0.05) is 50.7 Å². The number of sulfone groups is 1. The molecule has 4 heterocycles. The highest BCUT2D eigenvalue weighted by atomic mass is 35.5. The number of carbonyl (C=O) groups excluding carboxylic acids is 1. The second kappa shape index (κ2) is 12.9. The van der Waals surface area contributed by atoms with E-state index in [0.717, 1.165) is 23.0 Å². The standard InChI is InChI=1S/C31H32ClF2N7O4S/c1-18-11-12-35-30(46(5,44)45)27(18)41-29-20(16-23(34)26(36-29)25-21(32)8-6-9-22(25)33)28(37-31(41)43)40-15-14-39(17-19(40)2)24(42)10-7-13-38(3)4/h6-12,16,19H,13-15,17H2,1-5H3/b10-7+/t19-/m0/s1. The number of halogens is 3. The van der Waals surface area contributed by atoms with Crippen LogP contribution in [0.4, 0.5) is 14.6 Å². The van der Waals surface area contributed by atoms with E-state index in [4.69, 9.17) is 11.6 Å². The van der Waals surface area contributed by atoms with Crippen LogP contribution < -0.4 is 10.6 Å². The summed E-state index contributed by atoms with van der Waals surface area (Å²) in [5, 5.41) is -0.462. The molecule has 4 aromatic rings. The molecule has 0 saturated carbocycles. The number of rotatable bonds is 7. The van der Waals surface area contributed by atoms with Crippen LogP contribution in [0, 0.1) is 18.6 Å². The first-order valence-corrected chi connectivity index (χ1v) is 16.6. The first-order valence-electron chi connectivity index (χ1n) is 14.3. The van der Waals surface area contributed by atoms with Crippen molar-refractivity contribution in [3.8, 4) is 16.9 Å². The predicted molar refractivity (Wildman–Crippen MR) is 172 cm³/mol. The van der Waals surface area contributed by atoms with Crippen LogP contribution in [0.2, 0.25) is 5.02 Å². The van der Waals surface area contributed by atoms with Gasteiger partial charge < -0.3 is 14.7 Å². The molecule has 1 saturated heterocycles. The van der Waals surface area contributed by atoms with Crippen LogP contribution in [0.1, 0.15) is 12.5 Å². The molecule has 15 heteroatoms. The molecule has 0 N–H and O–H groups in total. The number of aromatic nitrogens is 4. The van der Waals surface area contributed by atoms with Crippen LogP contribution in [0.15, 0.2) is 58.5 Å². The molecule has 0 bridgehead atoms. The van der Waals surface area contributed by atoms with Gasteiger partial charge in [0.1, 0.15) is 17.3 Å². The van der Waals surface area contributed by atoms with Crippen molar-refractivity contribution >= 4 is 44.2 Å². The molecule has 242 valence electrons. The summed E-state index contributed by atoms with van der Waals surface area (Å²) >= 11 is 6.28. The Labute approximate surface area is 269 Å². The van der Waals surface area contributed by atoms with Crippen molar-refractivity contribution in [2.75, 3.05) is 51.4 Å². The van der Waals surface area contributed by atoms with E-state index in [9.17, 15) is 18.0 Å². The van der Waals surface area contributed by atoms with Gasteiger partial charge in [0.15, 0.2) is 26.3 Å². The van der Waals surface area contributed by atoms with Gasteiger partial charge in [0.25, 0.3) is 0 Å². The molecule has 46 heavy (non-hydrogen) atoms. The molecule has 5 rings (SSSR count). The molecule has 1 aromatic carbocycles. The summed E-state index contributed by atoms with van der Waals surface area (Å²) in [4.78, 5) is 44.9. The second-order valence-electron chi connectivity index (χ2n) is 11.4. The fourth-order valence-corrected chi connectivity index (χ4v) is 6.54. The fourth-order valence-electron chi connectivity index (χ4n) is 5.44. The summed E-state index contributed by atoms with van der Waals surface area (Å²) < 4.78 is 57.5. The Bertz CT molecular complexity index is 2030. The first-order chi connectivity index (χ1) is 21.7. The van der Waals surface area contributed by atoms with Crippen molar-refractivity contribution in [3.63, 3.8) is 0 Å². The summed E-state index contributed by atoms with van der Waals surface area (Å²) in [6.07, 6.45) is 5.53. The number of likely N-dealkylation sites (N-methyl/N-ethyl adjacent to an activating group) is 1. The number of aryl methyl sites for hydroxylation is 1. The fraction of sp³-hybridized carbons (Fsp3) is 0.323. The van der Waals surface area contributed by atoms with Gasteiger partial charge in [-0.2, -0.15) is 4.98 Å². The van der Waals surface area contributed by atoms with Crippen LogP contribution in [0.25, 0.3) is 28.0 Å². The minimum absolute atomic E-state index is 0.0634. The number of amides is 1. The predicted octanol–water partition coefficient (Wildman–Crippen LogP) is 3.64. The summed E-state index contributed by atoms with van der Waals surface area (Å²) in [6, 6.07) is 6.07. The summed E-state index contributed by atoms with van der Waals surface area (Å²) in [6.45, 7) is 4.86. The molecule has 11 nitrogen and oxygen atoms in total. The van der Waals surface area contributed by atoms with E-state index in [-0.39, 0.29) is 58.2 Å². The molecule has 1 aliphatic rings. The first kappa shape index (κ1) is 33.1. The number of anilines is 1. The monoisotopic (exact) mass is 671 g/mol. The maximum Gasteiger partial charge on any atom is 0.355 e. The van der Waals surface area contributed by atoms with E-state index in [2.05, 4.69) is 15.0 Å². The minimum Gasteiger partial charge on any atom is -0.350 e. The number of hydrogen-bond donors (Lipinski definition) is 0. The maximum absolute atomic E-state index is 15.9. The molecule has 0 radical (unpaired) electrons. The van der Waals surface area contributed by atoms with E-state index in [0.29, 0.717) is 18.7 Å². The number of nitrogens with zero attached hydrogens (tertiary/aromatic N) is 7. The van der Waals surface area contributed by atoms with Crippen LogP contribution in [-0.2, 0) is 14.6 Å². The van der Waals surface area contributed by atoms with Gasteiger partial charge in [-0.3, -0.25) is 4.79 Å². The third-order valence-electron chi connectivity index (χ3n) is 7.61. The number of fused-ring (bicyclic) bond motifs is 1. The Balaban J connectivity index is 1.73. The summed E-state index contributed by atoms with van der Waals surface area (Å²) in [5.41, 5.74) is -1.65. The van der Waals surface area contributed by atoms with E-state index < -0.39 is 37.9 Å². The Morgan fingerprint density at radius 2 is 1.89 bits per heavy atom. The summed E-state index contributed by atoms with van der Waals surface area (Å²) in [5.74, 6) is -1.86. The van der Waals surface area contributed by atoms with Gasteiger partial charge in [-0.25, -0.2) is 36.5 Å². The van der Waals surface area contributed by atoms with Crippen molar-refractivity contribution in [1.29, 1.82) is 0 Å². The van der Waals surface area contributed by atoms with E-state index >= 15 is 8.78 Å². The minimum atomic E-state index is -3.98. The van der Waals surface area contributed by atoms with E-state index in [1.807, 2.05) is 25.9 Å². The number of pyridine rings is 2. The van der Waals surface area contributed by atoms with Crippen LogP contribution in [0.5, 0.6) is 0 Å². The molecule has 0 aliphatic carbocycles. The van der Waals surface area contributed by atoms with Crippen molar-refractivity contribution in [3.05, 3.63) is 81.4 Å².